The van der Waals surface area contributed by atoms with Crippen LogP contribution in [0.5, 0.6) is 5.75 Å². The zero-order valence-electron chi connectivity index (χ0n) is 11.7. The van der Waals surface area contributed by atoms with E-state index in [1.165, 1.54) is 6.92 Å². The molecule has 1 aromatic carbocycles. The van der Waals surface area contributed by atoms with Gasteiger partial charge in [-0.05, 0) is 26.0 Å². The average molecular weight is 308 g/mol. The number of nitrogens with one attached hydrogen (secondary N) is 2. The van der Waals surface area contributed by atoms with Gasteiger partial charge in [-0.15, -0.1) is 0 Å². The van der Waals surface area contributed by atoms with E-state index in [0.29, 0.717) is 5.75 Å². The van der Waals surface area contributed by atoms with Crippen molar-refractivity contribution in [2.24, 2.45) is 5.92 Å². The molecule has 0 spiro atoms. The minimum Gasteiger partial charge on any atom is -0.465 e. The molecule has 0 aliphatic rings. The first-order valence-electron chi connectivity index (χ1n) is 6.25. The predicted octanol–water partition coefficient (Wildman–Crippen LogP) is 2.32. The van der Waals surface area contributed by atoms with Crippen molar-refractivity contribution in [1.29, 1.82) is 5.41 Å². The zero-order valence-corrected chi connectivity index (χ0v) is 12.5. The van der Waals surface area contributed by atoms with Crippen LogP contribution in [0.3, 0.4) is 0 Å². The third-order valence-electron chi connectivity index (χ3n) is 2.40. The molecule has 0 aliphatic heterocycles. The standard InChI is InChI=1S/C14H16N2O4S/c1-3-19-13(17)11(9(2)15)12(21)16-14(18)20-10-7-5-4-6-8-10/h4-8,11,15H,3H2,1-2H3,(H,16,18,21). The largest absolute Gasteiger partial charge is 0.465 e. The van der Waals surface area contributed by atoms with E-state index in [0.717, 1.165) is 0 Å². The van der Waals surface area contributed by atoms with Gasteiger partial charge in [0.2, 0.25) is 0 Å². The molecule has 0 radical (unpaired) electrons. The van der Waals surface area contributed by atoms with E-state index in [9.17, 15) is 9.59 Å². The summed E-state index contributed by atoms with van der Waals surface area (Å²) < 4.78 is 9.82. The Morgan fingerprint density at radius 1 is 1.33 bits per heavy atom. The number of hydrogen-bond acceptors (Lipinski definition) is 6. The Labute approximate surface area is 127 Å². The summed E-state index contributed by atoms with van der Waals surface area (Å²) in [4.78, 5) is 23.3. The molecular weight excluding hydrogens is 292 g/mol. The van der Waals surface area contributed by atoms with E-state index >= 15 is 0 Å². The second-order valence-electron chi connectivity index (χ2n) is 4.06. The van der Waals surface area contributed by atoms with Gasteiger partial charge in [0.1, 0.15) is 16.7 Å². The van der Waals surface area contributed by atoms with Gasteiger partial charge >= 0.3 is 12.1 Å². The fourth-order valence-corrected chi connectivity index (χ4v) is 1.86. The Balaban J connectivity index is 2.67. The van der Waals surface area contributed by atoms with Crippen molar-refractivity contribution in [3.63, 3.8) is 0 Å². The maximum Gasteiger partial charge on any atom is 0.417 e. The highest BCUT2D eigenvalue weighted by Gasteiger charge is 2.28. The molecule has 1 amide bonds. The van der Waals surface area contributed by atoms with Crippen molar-refractivity contribution in [2.75, 3.05) is 6.61 Å². The van der Waals surface area contributed by atoms with Crippen molar-refractivity contribution in [3.8, 4) is 5.75 Å². The lowest BCUT2D eigenvalue weighted by Crippen LogP contribution is -2.42. The van der Waals surface area contributed by atoms with Crippen LogP contribution in [0.4, 0.5) is 4.79 Å². The van der Waals surface area contributed by atoms with Crippen LogP contribution < -0.4 is 10.1 Å². The molecule has 0 saturated heterocycles. The van der Waals surface area contributed by atoms with Gasteiger partial charge in [-0.25, -0.2) is 4.79 Å². The summed E-state index contributed by atoms with van der Waals surface area (Å²) in [7, 11) is 0. The quantitative estimate of drug-likeness (QED) is 0.495. The first kappa shape index (κ1) is 16.8. The number of amides is 1. The third-order valence-corrected chi connectivity index (χ3v) is 2.73. The van der Waals surface area contributed by atoms with Crippen LogP contribution in [0.1, 0.15) is 13.8 Å². The Morgan fingerprint density at radius 3 is 2.48 bits per heavy atom. The van der Waals surface area contributed by atoms with Gasteiger partial charge in [-0.3, -0.25) is 10.1 Å². The molecule has 1 aromatic rings. The summed E-state index contributed by atoms with van der Waals surface area (Å²) in [5, 5.41) is 9.85. The molecule has 7 heteroatoms. The average Bonchev–Trinajstić information content (AvgIpc) is 2.39. The van der Waals surface area contributed by atoms with E-state index in [2.05, 4.69) is 5.32 Å². The third kappa shape index (κ3) is 5.31. The fraction of sp³-hybridized carbons (Fsp3) is 0.286. The molecule has 112 valence electrons. The van der Waals surface area contributed by atoms with Gasteiger partial charge in [0.25, 0.3) is 0 Å². The van der Waals surface area contributed by atoms with Crippen LogP contribution >= 0.6 is 12.2 Å². The maximum atomic E-state index is 11.7. The second-order valence-corrected chi connectivity index (χ2v) is 4.50. The summed E-state index contributed by atoms with van der Waals surface area (Å²) in [6, 6.07) is 8.42. The highest BCUT2D eigenvalue weighted by molar-refractivity contribution is 7.80. The van der Waals surface area contributed by atoms with Gasteiger partial charge in [-0.2, -0.15) is 0 Å². The van der Waals surface area contributed by atoms with E-state index < -0.39 is 18.0 Å². The Kier molecular flexibility index (Phi) is 6.48. The van der Waals surface area contributed by atoms with Gasteiger partial charge in [0.05, 0.1) is 6.61 Å². The van der Waals surface area contributed by atoms with Crippen LogP contribution in [-0.2, 0) is 9.53 Å². The van der Waals surface area contributed by atoms with Crippen molar-refractivity contribution < 1.29 is 19.1 Å². The lowest BCUT2D eigenvalue weighted by Gasteiger charge is -2.16. The molecule has 0 saturated carbocycles. The van der Waals surface area contributed by atoms with Crippen molar-refractivity contribution >= 4 is 35.0 Å². The zero-order chi connectivity index (χ0) is 15.8. The number of thiocarbonyl (C=S) groups is 1. The summed E-state index contributed by atoms with van der Waals surface area (Å²) in [5.41, 5.74) is -0.0153. The second kappa shape index (κ2) is 8.11. The molecule has 0 fully saturated rings. The highest BCUT2D eigenvalue weighted by atomic mass is 32.1. The van der Waals surface area contributed by atoms with E-state index in [1.54, 1.807) is 37.3 Å². The van der Waals surface area contributed by atoms with Crippen molar-refractivity contribution in [1.82, 2.24) is 5.32 Å². The lowest BCUT2D eigenvalue weighted by atomic mass is 10.1. The normalized spacial score (nSPS) is 11.1. The van der Waals surface area contributed by atoms with E-state index in [-0.39, 0.29) is 17.3 Å². The molecule has 0 aromatic heterocycles. The summed E-state index contributed by atoms with van der Waals surface area (Å²) in [6.07, 6.45) is -0.818. The number of carbonyl (C=O) groups is 2. The number of ether oxygens (including phenoxy) is 2. The molecule has 0 heterocycles. The molecule has 21 heavy (non-hydrogen) atoms. The number of benzene rings is 1. The van der Waals surface area contributed by atoms with Gasteiger partial charge in [0.15, 0.2) is 0 Å². The smallest absolute Gasteiger partial charge is 0.417 e. The predicted molar refractivity (Wildman–Crippen MR) is 81.7 cm³/mol. The molecule has 1 unspecified atom stereocenters. The first-order valence-corrected chi connectivity index (χ1v) is 6.66. The van der Waals surface area contributed by atoms with E-state index in [4.69, 9.17) is 27.1 Å². The Morgan fingerprint density at radius 2 is 1.95 bits per heavy atom. The number of hydrogen-bond donors (Lipinski definition) is 2. The van der Waals surface area contributed by atoms with Gasteiger partial charge < -0.3 is 14.9 Å². The van der Waals surface area contributed by atoms with Crippen molar-refractivity contribution in [2.45, 2.75) is 13.8 Å². The molecule has 6 nitrogen and oxygen atoms in total. The molecule has 2 N–H and O–H groups in total. The summed E-state index contributed by atoms with van der Waals surface area (Å²) in [5.74, 6) is -1.42. The van der Waals surface area contributed by atoms with Crippen LogP contribution in [0.25, 0.3) is 0 Å². The van der Waals surface area contributed by atoms with Crippen molar-refractivity contribution in [3.05, 3.63) is 30.3 Å². The number of para-hydroxylation sites is 1. The monoisotopic (exact) mass is 308 g/mol. The summed E-state index contributed by atoms with van der Waals surface area (Å²) in [6.45, 7) is 3.23. The number of carbonyl (C=O) groups excluding carboxylic acids is 2. The SMILES string of the molecule is CCOC(=O)C(C(C)=N)C(=S)NC(=O)Oc1ccccc1. The first-order chi connectivity index (χ1) is 9.95. The lowest BCUT2D eigenvalue weighted by molar-refractivity contribution is -0.143. The van der Waals surface area contributed by atoms with Crippen LogP contribution in [-0.4, -0.2) is 29.4 Å². The topological polar surface area (TPSA) is 88.5 Å². The van der Waals surface area contributed by atoms with Crippen LogP contribution in [0, 0.1) is 11.3 Å². The van der Waals surface area contributed by atoms with E-state index in [1.807, 2.05) is 0 Å². The van der Waals surface area contributed by atoms with Gasteiger partial charge in [-0.1, -0.05) is 30.4 Å². The maximum absolute atomic E-state index is 11.7. The molecular formula is C14H16N2O4S. The molecule has 1 rings (SSSR count). The number of rotatable bonds is 5. The number of esters is 1. The fourth-order valence-electron chi connectivity index (χ4n) is 1.50. The van der Waals surface area contributed by atoms with Crippen LogP contribution in [0.15, 0.2) is 30.3 Å². The Hall–Kier alpha value is -2.28. The Bertz CT molecular complexity index is 545. The molecule has 0 bridgehead atoms. The van der Waals surface area contributed by atoms with Gasteiger partial charge in [0, 0.05) is 5.71 Å². The highest BCUT2D eigenvalue weighted by Crippen LogP contribution is 2.09. The molecule has 0 aliphatic carbocycles. The minimum absolute atomic E-state index is 0.0153. The summed E-state index contributed by atoms with van der Waals surface area (Å²) >= 11 is 4.98. The van der Waals surface area contributed by atoms with Crippen LogP contribution in [0.2, 0.25) is 0 Å². The minimum atomic E-state index is -1.09. The molecule has 1 atom stereocenters.